The minimum Gasteiger partial charge on any atom is -0.297 e. The Bertz CT molecular complexity index is 456. The van der Waals surface area contributed by atoms with Gasteiger partial charge in [0.15, 0.2) is 4.96 Å². The molecule has 2 nitrogen and oxygen atoms in total. The maximum absolute atomic E-state index is 6.48. The molecule has 0 radical (unpaired) electrons. The van der Waals surface area contributed by atoms with Crippen LogP contribution in [0.1, 0.15) is 37.8 Å². The average Bonchev–Trinajstić information content (AvgIpc) is 3.01. The van der Waals surface area contributed by atoms with Crippen molar-refractivity contribution in [1.29, 1.82) is 0 Å². The van der Waals surface area contributed by atoms with E-state index in [4.69, 9.17) is 11.6 Å². The molecule has 0 aromatic carbocycles. The third kappa shape index (κ3) is 2.50. The molecular weight excluding hydrogens is 252 g/mol. The third-order valence-electron chi connectivity index (χ3n) is 3.73. The van der Waals surface area contributed by atoms with Gasteiger partial charge in [0.25, 0.3) is 0 Å². The lowest BCUT2D eigenvalue weighted by molar-refractivity contribution is 0.491. The molecule has 0 amide bonds. The first kappa shape index (κ1) is 11.5. The summed E-state index contributed by atoms with van der Waals surface area (Å²) < 4.78 is 2.10. The van der Waals surface area contributed by atoms with Gasteiger partial charge in [0.1, 0.15) is 0 Å². The zero-order valence-corrected chi connectivity index (χ0v) is 11.4. The molecule has 3 rings (SSSR count). The van der Waals surface area contributed by atoms with Crippen molar-refractivity contribution in [2.45, 2.75) is 43.9 Å². The molecule has 1 saturated carbocycles. The van der Waals surface area contributed by atoms with Crippen molar-refractivity contribution in [2.24, 2.45) is 5.92 Å². The van der Waals surface area contributed by atoms with Crippen LogP contribution >= 0.6 is 22.9 Å². The van der Waals surface area contributed by atoms with E-state index in [-0.39, 0.29) is 0 Å². The van der Waals surface area contributed by atoms with Crippen molar-refractivity contribution in [3.8, 4) is 0 Å². The highest BCUT2D eigenvalue weighted by molar-refractivity contribution is 7.15. The molecular formula is C13H17ClN2S. The van der Waals surface area contributed by atoms with Gasteiger partial charge in [-0.3, -0.25) is 4.40 Å². The minimum atomic E-state index is 0.345. The summed E-state index contributed by atoms with van der Waals surface area (Å²) in [6, 6.07) is 0. The normalized spacial score (nSPS) is 19.1. The second-order valence-electron chi connectivity index (χ2n) is 4.92. The van der Waals surface area contributed by atoms with Crippen molar-refractivity contribution in [3.63, 3.8) is 0 Å². The number of fused-ring (bicyclic) bond motifs is 1. The van der Waals surface area contributed by atoms with Gasteiger partial charge in [-0.2, -0.15) is 0 Å². The van der Waals surface area contributed by atoms with Crippen molar-refractivity contribution >= 4 is 27.9 Å². The first-order chi connectivity index (χ1) is 8.33. The number of hydrogen-bond donors (Lipinski definition) is 0. The van der Waals surface area contributed by atoms with Crippen LogP contribution in [-0.2, 0) is 6.42 Å². The lowest BCUT2D eigenvalue weighted by atomic mass is 9.99. The second-order valence-corrected chi connectivity index (χ2v) is 6.36. The highest BCUT2D eigenvalue weighted by Gasteiger charge is 2.23. The Kier molecular flexibility index (Phi) is 3.39. The summed E-state index contributed by atoms with van der Waals surface area (Å²) in [5, 5.41) is 2.41. The van der Waals surface area contributed by atoms with Gasteiger partial charge < -0.3 is 0 Å². The molecule has 2 heterocycles. The first-order valence-electron chi connectivity index (χ1n) is 6.38. The lowest BCUT2D eigenvalue weighted by Crippen LogP contribution is -2.12. The number of nitrogens with zero attached hydrogens (tertiary/aromatic N) is 2. The van der Waals surface area contributed by atoms with Crippen LogP contribution in [0.4, 0.5) is 0 Å². The third-order valence-corrected chi connectivity index (χ3v) is 5.08. The molecule has 4 heteroatoms. The Morgan fingerprint density at radius 2 is 2.29 bits per heavy atom. The minimum absolute atomic E-state index is 0.345. The molecule has 1 atom stereocenters. The average molecular weight is 269 g/mol. The second kappa shape index (κ2) is 4.99. The van der Waals surface area contributed by atoms with E-state index in [2.05, 4.69) is 27.2 Å². The fourth-order valence-electron chi connectivity index (χ4n) is 2.74. The van der Waals surface area contributed by atoms with Gasteiger partial charge in [-0.25, -0.2) is 4.98 Å². The van der Waals surface area contributed by atoms with Crippen LogP contribution in [0.3, 0.4) is 0 Å². The Balaban J connectivity index is 1.58. The van der Waals surface area contributed by atoms with Crippen molar-refractivity contribution < 1.29 is 0 Å². The molecule has 1 aliphatic rings. The van der Waals surface area contributed by atoms with Gasteiger partial charge in [-0.1, -0.05) is 12.8 Å². The predicted octanol–water partition coefficient (Wildman–Crippen LogP) is 4.13. The Morgan fingerprint density at radius 1 is 1.47 bits per heavy atom. The lowest BCUT2D eigenvalue weighted by Gasteiger charge is -2.15. The van der Waals surface area contributed by atoms with Crippen molar-refractivity contribution in [3.05, 3.63) is 23.5 Å². The summed E-state index contributed by atoms with van der Waals surface area (Å²) >= 11 is 8.16. The number of alkyl halides is 1. The molecule has 1 fully saturated rings. The van der Waals surface area contributed by atoms with Crippen LogP contribution in [0.25, 0.3) is 4.96 Å². The molecule has 1 unspecified atom stereocenters. The number of aromatic nitrogens is 2. The number of rotatable bonds is 4. The van der Waals surface area contributed by atoms with E-state index in [1.54, 1.807) is 11.3 Å². The summed E-state index contributed by atoms with van der Waals surface area (Å²) in [7, 11) is 0. The van der Waals surface area contributed by atoms with E-state index >= 15 is 0 Å². The van der Waals surface area contributed by atoms with Gasteiger partial charge in [-0.05, 0) is 31.6 Å². The monoisotopic (exact) mass is 268 g/mol. The first-order valence-corrected chi connectivity index (χ1v) is 7.69. The van der Waals surface area contributed by atoms with Gasteiger partial charge in [0, 0.05) is 23.2 Å². The van der Waals surface area contributed by atoms with Crippen LogP contribution < -0.4 is 0 Å². The Hall–Kier alpha value is -0.540. The summed E-state index contributed by atoms with van der Waals surface area (Å²) in [5.74, 6) is 0.750. The number of halogens is 1. The maximum Gasteiger partial charge on any atom is 0.193 e. The summed E-state index contributed by atoms with van der Waals surface area (Å²) in [6.45, 7) is 0. The van der Waals surface area contributed by atoms with Crippen molar-refractivity contribution in [2.75, 3.05) is 0 Å². The number of imidazole rings is 1. The fourth-order valence-corrected chi connectivity index (χ4v) is 3.82. The molecule has 17 heavy (non-hydrogen) atoms. The van der Waals surface area contributed by atoms with Crippen molar-refractivity contribution in [1.82, 2.24) is 9.38 Å². The fraction of sp³-hybridized carbons (Fsp3) is 0.615. The molecule has 0 bridgehead atoms. The molecule has 0 spiro atoms. The van der Waals surface area contributed by atoms with E-state index in [9.17, 15) is 0 Å². The van der Waals surface area contributed by atoms with E-state index < -0.39 is 0 Å². The Labute approximate surface area is 111 Å². The molecule has 0 saturated heterocycles. The van der Waals surface area contributed by atoms with Gasteiger partial charge >= 0.3 is 0 Å². The van der Waals surface area contributed by atoms with Crippen LogP contribution in [0.5, 0.6) is 0 Å². The zero-order valence-electron chi connectivity index (χ0n) is 9.81. The largest absolute Gasteiger partial charge is 0.297 e. The molecule has 92 valence electrons. The van der Waals surface area contributed by atoms with Crippen LogP contribution in [-0.4, -0.2) is 14.8 Å². The molecule has 2 aromatic rings. The summed E-state index contributed by atoms with van der Waals surface area (Å²) in [6.07, 6.45) is 11.7. The number of thiazole rings is 1. The summed E-state index contributed by atoms with van der Waals surface area (Å²) in [5.41, 5.74) is 1.18. The molecule has 0 aliphatic heterocycles. The van der Waals surface area contributed by atoms with E-state index in [0.29, 0.717) is 5.38 Å². The number of aryl methyl sites for hydroxylation is 1. The van der Waals surface area contributed by atoms with Gasteiger partial charge in [0.05, 0.1) is 5.69 Å². The quantitative estimate of drug-likeness (QED) is 0.763. The van der Waals surface area contributed by atoms with Gasteiger partial charge in [0.2, 0.25) is 0 Å². The highest BCUT2D eigenvalue weighted by atomic mass is 35.5. The molecule has 0 N–H and O–H groups in total. The SMILES string of the molecule is ClC(CCc1cn2ccsc2n1)C1CCCC1. The van der Waals surface area contributed by atoms with Crippen LogP contribution in [0.15, 0.2) is 17.8 Å². The molecule has 2 aromatic heterocycles. The van der Waals surface area contributed by atoms with E-state index in [1.165, 1.54) is 31.4 Å². The highest BCUT2D eigenvalue weighted by Crippen LogP contribution is 2.32. The predicted molar refractivity (Wildman–Crippen MR) is 73.0 cm³/mol. The molecule has 1 aliphatic carbocycles. The van der Waals surface area contributed by atoms with E-state index in [0.717, 1.165) is 23.7 Å². The zero-order chi connectivity index (χ0) is 11.7. The topological polar surface area (TPSA) is 17.3 Å². The Morgan fingerprint density at radius 3 is 3.06 bits per heavy atom. The smallest absolute Gasteiger partial charge is 0.193 e. The van der Waals surface area contributed by atoms with Gasteiger partial charge in [-0.15, -0.1) is 22.9 Å². The van der Waals surface area contributed by atoms with Crippen LogP contribution in [0, 0.1) is 5.92 Å². The van der Waals surface area contributed by atoms with E-state index in [1.807, 2.05) is 0 Å². The van der Waals surface area contributed by atoms with Crippen LogP contribution in [0.2, 0.25) is 0 Å². The standard InChI is InChI=1S/C13H17ClN2S/c14-12(10-3-1-2-4-10)6-5-11-9-16-7-8-17-13(16)15-11/h7-10,12H,1-6H2. The summed E-state index contributed by atoms with van der Waals surface area (Å²) in [4.78, 5) is 5.68. The number of hydrogen-bond acceptors (Lipinski definition) is 2. The maximum atomic E-state index is 6.48.